The van der Waals surface area contributed by atoms with Crippen molar-refractivity contribution in [2.45, 2.75) is 32.7 Å². The van der Waals surface area contributed by atoms with Crippen LogP contribution in [0.5, 0.6) is 5.75 Å². The van der Waals surface area contributed by atoms with Crippen LogP contribution in [0.1, 0.15) is 37.3 Å². The lowest BCUT2D eigenvalue weighted by Gasteiger charge is -2.21. The molecule has 2 rings (SSSR count). The fourth-order valence-electron chi connectivity index (χ4n) is 2.65. The molecule has 0 aliphatic carbocycles. The van der Waals surface area contributed by atoms with Gasteiger partial charge < -0.3 is 10.1 Å². The van der Waals surface area contributed by atoms with E-state index in [0.29, 0.717) is 5.92 Å². The maximum Gasteiger partial charge on any atom is 0.122 e. The number of benzene rings is 1. The normalized spacial score (nSPS) is 17.5. The number of rotatable bonds is 4. The van der Waals surface area contributed by atoms with E-state index >= 15 is 0 Å². The highest BCUT2D eigenvalue weighted by atomic mass is 16.5. The highest BCUT2D eigenvalue weighted by Gasteiger charge is 2.12. The summed E-state index contributed by atoms with van der Waals surface area (Å²) in [4.78, 5) is 2.53. The van der Waals surface area contributed by atoms with E-state index < -0.39 is 0 Å². The molecule has 0 aromatic heterocycles. The molecule has 1 fully saturated rings. The molecule has 0 radical (unpaired) electrons. The average Bonchev–Trinajstić information content (AvgIpc) is 2.67. The van der Waals surface area contributed by atoms with Gasteiger partial charge in [0.2, 0.25) is 0 Å². The van der Waals surface area contributed by atoms with Crippen molar-refractivity contribution in [1.29, 1.82) is 0 Å². The van der Waals surface area contributed by atoms with Gasteiger partial charge in [0.1, 0.15) is 5.75 Å². The number of nitrogens with one attached hydrogen (secondary N) is 1. The summed E-state index contributed by atoms with van der Waals surface area (Å²) >= 11 is 0. The Balaban J connectivity index is 2.09. The van der Waals surface area contributed by atoms with Gasteiger partial charge in [0, 0.05) is 19.6 Å². The fraction of sp³-hybridized carbons (Fsp3) is 0.625. The van der Waals surface area contributed by atoms with Gasteiger partial charge in [-0.25, -0.2) is 0 Å². The third-order valence-electron chi connectivity index (χ3n) is 3.76. The van der Waals surface area contributed by atoms with Gasteiger partial charge >= 0.3 is 0 Å². The van der Waals surface area contributed by atoms with Gasteiger partial charge in [-0.15, -0.1) is 0 Å². The Labute approximate surface area is 116 Å². The summed E-state index contributed by atoms with van der Waals surface area (Å²) in [7, 11) is 1.75. The first kappa shape index (κ1) is 14.4. The summed E-state index contributed by atoms with van der Waals surface area (Å²) in [5.74, 6) is 1.51. The van der Waals surface area contributed by atoms with Crippen LogP contribution in [-0.4, -0.2) is 38.2 Å². The molecule has 1 saturated heterocycles. The summed E-state index contributed by atoms with van der Waals surface area (Å²) < 4.78 is 5.45. The van der Waals surface area contributed by atoms with Crippen LogP contribution in [0.15, 0.2) is 18.2 Å². The standard InChI is InChI=1S/C16H26N2O/c1-13(2)15-11-14(5-6-16(15)19-3)12-18-9-4-7-17-8-10-18/h5-6,11,13,17H,4,7-10,12H2,1-3H3. The molecule has 19 heavy (non-hydrogen) atoms. The molecule has 1 aliphatic heterocycles. The Hall–Kier alpha value is -1.06. The molecule has 0 spiro atoms. The predicted octanol–water partition coefficient (Wildman–Crippen LogP) is 2.61. The minimum absolute atomic E-state index is 0.501. The molecule has 0 atom stereocenters. The largest absolute Gasteiger partial charge is 0.496 e. The van der Waals surface area contributed by atoms with Gasteiger partial charge in [0.25, 0.3) is 0 Å². The maximum absolute atomic E-state index is 5.45. The van der Waals surface area contributed by atoms with E-state index in [9.17, 15) is 0 Å². The second-order valence-corrected chi connectivity index (χ2v) is 5.61. The minimum atomic E-state index is 0.501. The number of hydrogen-bond donors (Lipinski definition) is 1. The summed E-state index contributed by atoms with van der Waals surface area (Å²) in [6, 6.07) is 6.62. The van der Waals surface area contributed by atoms with Gasteiger partial charge in [-0.05, 0) is 42.6 Å². The van der Waals surface area contributed by atoms with Crippen LogP contribution in [-0.2, 0) is 6.54 Å². The highest BCUT2D eigenvalue weighted by Crippen LogP contribution is 2.27. The molecule has 106 valence electrons. The predicted molar refractivity (Wildman–Crippen MR) is 79.8 cm³/mol. The summed E-state index contributed by atoms with van der Waals surface area (Å²) in [5, 5.41) is 3.45. The number of ether oxygens (including phenoxy) is 1. The molecule has 1 N–H and O–H groups in total. The summed E-state index contributed by atoms with van der Waals surface area (Å²) in [6.45, 7) is 10.1. The van der Waals surface area contributed by atoms with Gasteiger partial charge in [-0.2, -0.15) is 0 Å². The topological polar surface area (TPSA) is 24.5 Å². The average molecular weight is 262 g/mol. The van der Waals surface area contributed by atoms with E-state index in [4.69, 9.17) is 4.74 Å². The van der Waals surface area contributed by atoms with Crippen LogP contribution in [0.4, 0.5) is 0 Å². The van der Waals surface area contributed by atoms with Gasteiger partial charge in [-0.3, -0.25) is 4.90 Å². The van der Waals surface area contributed by atoms with Gasteiger partial charge in [0.05, 0.1) is 7.11 Å². The highest BCUT2D eigenvalue weighted by molar-refractivity contribution is 5.39. The van der Waals surface area contributed by atoms with Gasteiger partial charge in [-0.1, -0.05) is 26.0 Å². The quantitative estimate of drug-likeness (QED) is 0.902. The molecule has 1 aliphatic rings. The Kier molecular flexibility index (Phi) is 5.23. The Morgan fingerprint density at radius 3 is 2.84 bits per heavy atom. The lowest BCUT2D eigenvalue weighted by Crippen LogP contribution is -2.27. The Bertz CT molecular complexity index is 396. The smallest absolute Gasteiger partial charge is 0.122 e. The molecule has 1 heterocycles. The van der Waals surface area contributed by atoms with Crippen LogP contribution >= 0.6 is 0 Å². The first-order valence-electron chi connectivity index (χ1n) is 7.30. The molecular formula is C16H26N2O. The van der Waals surface area contributed by atoms with Crippen LogP contribution < -0.4 is 10.1 Å². The van der Waals surface area contributed by atoms with Crippen molar-refractivity contribution < 1.29 is 4.74 Å². The molecule has 3 nitrogen and oxygen atoms in total. The van der Waals surface area contributed by atoms with E-state index in [0.717, 1.165) is 31.9 Å². The molecular weight excluding hydrogens is 236 g/mol. The molecule has 0 saturated carbocycles. The zero-order chi connectivity index (χ0) is 13.7. The van der Waals surface area contributed by atoms with Crippen molar-refractivity contribution in [3.8, 4) is 5.75 Å². The van der Waals surface area contributed by atoms with Crippen molar-refractivity contribution in [2.75, 3.05) is 33.3 Å². The second-order valence-electron chi connectivity index (χ2n) is 5.61. The summed E-state index contributed by atoms with van der Waals surface area (Å²) in [6.07, 6.45) is 1.24. The Morgan fingerprint density at radius 2 is 2.11 bits per heavy atom. The molecule has 1 aromatic rings. The van der Waals surface area contributed by atoms with Crippen molar-refractivity contribution in [1.82, 2.24) is 10.2 Å². The monoisotopic (exact) mass is 262 g/mol. The number of methoxy groups -OCH3 is 1. The zero-order valence-electron chi connectivity index (χ0n) is 12.4. The van der Waals surface area contributed by atoms with Crippen LogP contribution in [0, 0.1) is 0 Å². The molecule has 3 heteroatoms. The number of nitrogens with zero attached hydrogens (tertiary/aromatic N) is 1. The van der Waals surface area contributed by atoms with Crippen molar-refractivity contribution in [3.05, 3.63) is 29.3 Å². The van der Waals surface area contributed by atoms with E-state index in [2.05, 4.69) is 42.3 Å². The third-order valence-corrected chi connectivity index (χ3v) is 3.76. The third kappa shape index (κ3) is 3.95. The first-order chi connectivity index (χ1) is 9.20. The first-order valence-corrected chi connectivity index (χ1v) is 7.30. The van der Waals surface area contributed by atoms with E-state index in [1.54, 1.807) is 7.11 Å². The summed E-state index contributed by atoms with van der Waals surface area (Å²) in [5.41, 5.74) is 2.71. The van der Waals surface area contributed by atoms with Gasteiger partial charge in [0.15, 0.2) is 0 Å². The lowest BCUT2D eigenvalue weighted by atomic mass is 9.99. The lowest BCUT2D eigenvalue weighted by molar-refractivity contribution is 0.284. The van der Waals surface area contributed by atoms with Crippen molar-refractivity contribution >= 4 is 0 Å². The van der Waals surface area contributed by atoms with Crippen LogP contribution in [0.2, 0.25) is 0 Å². The maximum atomic E-state index is 5.45. The van der Waals surface area contributed by atoms with E-state index in [1.807, 2.05) is 0 Å². The van der Waals surface area contributed by atoms with Crippen LogP contribution in [0.3, 0.4) is 0 Å². The van der Waals surface area contributed by atoms with Crippen molar-refractivity contribution in [2.24, 2.45) is 0 Å². The zero-order valence-corrected chi connectivity index (χ0v) is 12.4. The molecule has 0 unspecified atom stereocenters. The molecule has 0 amide bonds. The van der Waals surface area contributed by atoms with E-state index in [1.165, 1.54) is 24.1 Å². The van der Waals surface area contributed by atoms with E-state index in [-0.39, 0.29) is 0 Å². The SMILES string of the molecule is COc1ccc(CN2CCCNCC2)cc1C(C)C. The fourth-order valence-corrected chi connectivity index (χ4v) is 2.65. The molecule has 1 aromatic carbocycles. The minimum Gasteiger partial charge on any atom is -0.496 e. The second kappa shape index (κ2) is 6.92. The number of hydrogen-bond acceptors (Lipinski definition) is 3. The Morgan fingerprint density at radius 1 is 1.26 bits per heavy atom. The van der Waals surface area contributed by atoms with Crippen LogP contribution in [0.25, 0.3) is 0 Å². The molecule has 0 bridgehead atoms. The van der Waals surface area contributed by atoms with Crippen molar-refractivity contribution in [3.63, 3.8) is 0 Å².